The smallest absolute Gasteiger partial charge is 0.275 e. The third kappa shape index (κ3) is 3.28. The molecule has 1 saturated heterocycles. The molecule has 1 N–H and O–H groups in total. The number of halogens is 1. The Morgan fingerprint density at radius 3 is 2.33 bits per heavy atom. The molecule has 3 aromatic rings. The van der Waals surface area contributed by atoms with Crippen molar-refractivity contribution in [2.75, 3.05) is 26.2 Å². The number of amides is 2. The van der Waals surface area contributed by atoms with Crippen molar-refractivity contribution in [3.05, 3.63) is 65.6 Å². The van der Waals surface area contributed by atoms with Crippen molar-refractivity contribution in [1.82, 2.24) is 20.0 Å². The van der Waals surface area contributed by atoms with Crippen molar-refractivity contribution in [3.63, 3.8) is 0 Å². The maximum atomic E-state index is 13.9. The number of hydrogen-bond donors (Lipinski definition) is 1. The van der Waals surface area contributed by atoms with Gasteiger partial charge in [-0.2, -0.15) is 5.10 Å². The van der Waals surface area contributed by atoms with Crippen LogP contribution in [0.25, 0.3) is 10.9 Å². The highest BCUT2D eigenvalue weighted by Crippen LogP contribution is 2.18. The van der Waals surface area contributed by atoms with Crippen molar-refractivity contribution < 1.29 is 14.0 Å². The molecule has 2 aromatic carbocycles. The average Bonchev–Trinajstić information content (AvgIpc) is 2.96. The molecule has 2 amide bonds. The Hall–Kier alpha value is -3.22. The van der Waals surface area contributed by atoms with Gasteiger partial charge in [0.15, 0.2) is 5.69 Å². The first-order valence-corrected chi connectivity index (χ1v) is 8.91. The van der Waals surface area contributed by atoms with Gasteiger partial charge in [0.1, 0.15) is 5.82 Å². The van der Waals surface area contributed by atoms with Crippen LogP contribution in [0.5, 0.6) is 0 Å². The monoisotopic (exact) mass is 366 g/mol. The fourth-order valence-corrected chi connectivity index (χ4v) is 3.40. The second-order valence-electron chi connectivity index (χ2n) is 6.54. The first-order valence-electron chi connectivity index (χ1n) is 8.91. The number of aromatic nitrogens is 2. The van der Waals surface area contributed by atoms with Gasteiger partial charge in [0.25, 0.3) is 11.8 Å². The molecule has 1 fully saturated rings. The molecule has 0 atom stereocenters. The van der Waals surface area contributed by atoms with Crippen molar-refractivity contribution in [2.45, 2.75) is 6.42 Å². The SMILES string of the molecule is O=C(c1ccccc1F)N1CCCN(C(=O)c2n[nH]c3ccccc23)CC1. The van der Waals surface area contributed by atoms with E-state index in [0.29, 0.717) is 38.3 Å². The van der Waals surface area contributed by atoms with E-state index in [1.54, 1.807) is 21.9 Å². The molecule has 1 aliphatic heterocycles. The van der Waals surface area contributed by atoms with Crippen LogP contribution < -0.4 is 0 Å². The number of nitrogens with zero attached hydrogens (tertiary/aromatic N) is 3. The predicted octanol–water partition coefficient (Wildman–Crippen LogP) is 2.69. The molecule has 0 aliphatic carbocycles. The summed E-state index contributed by atoms with van der Waals surface area (Å²) in [6.45, 7) is 1.76. The minimum atomic E-state index is -0.525. The van der Waals surface area contributed by atoms with Crippen LogP contribution in [0.3, 0.4) is 0 Å². The fourth-order valence-electron chi connectivity index (χ4n) is 3.40. The van der Waals surface area contributed by atoms with E-state index < -0.39 is 5.82 Å². The van der Waals surface area contributed by atoms with E-state index in [2.05, 4.69) is 10.2 Å². The van der Waals surface area contributed by atoms with Crippen LogP contribution in [0.15, 0.2) is 48.5 Å². The molecule has 2 heterocycles. The molecule has 1 aromatic heterocycles. The Kier molecular flexibility index (Phi) is 4.58. The van der Waals surface area contributed by atoms with E-state index in [1.807, 2.05) is 24.3 Å². The Morgan fingerprint density at radius 1 is 0.889 bits per heavy atom. The van der Waals surface area contributed by atoms with Gasteiger partial charge in [-0.05, 0) is 24.6 Å². The van der Waals surface area contributed by atoms with E-state index >= 15 is 0 Å². The second-order valence-corrected chi connectivity index (χ2v) is 6.54. The van der Waals surface area contributed by atoms with Crippen LogP contribution in [-0.2, 0) is 0 Å². The summed E-state index contributed by atoms with van der Waals surface area (Å²) in [7, 11) is 0. The molecular formula is C20H19FN4O2. The summed E-state index contributed by atoms with van der Waals surface area (Å²) < 4.78 is 13.9. The fraction of sp³-hybridized carbons (Fsp3) is 0.250. The predicted molar refractivity (Wildman–Crippen MR) is 98.9 cm³/mol. The summed E-state index contributed by atoms with van der Waals surface area (Å²) in [5.74, 6) is -1.03. The average molecular weight is 366 g/mol. The van der Waals surface area contributed by atoms with Gasteiger partial charge in [0.05, 0.1) is 11.1 Å². The van der Waals surface area contributed by atoms with Crippen LogP contribution in [0.2, 0.25) is 0 Å². The summed E-state index contributed by atoms with van der Waals surface area (Å²) in [5.41, 5.74) is 1.27. The Balaban J connectivity index is 1.49. The Labute approximate surface area is 155 Å². The largest absolute Gasteiger partial charge is 0.337 e. The Morgan fingerprint density at radius 2 is 1.56 bits per heavy atom. The van der Waals surface area contributed by atoms with Crippen molar-refractivity contribution in [3.8, 4) is 0 Å². The highest BCUT2D eigenvalue weighted by molar-refractivity contribution is 6.04. The number of benzene rings is 2. The lowest BCUT2D eigenvalue weighted by Gasteiger charge is -2.22. The van der Waals surface area contributed by atoms with Crippen LogP contribution in [0.4, 0.5) is 4.39 Å². The molecule has 0 radical (unpaired) electrons. The number of carbonyl (C=O) groups excluding carboxylic acids is 2. The van der Waals surface area contributed by atoms with Crippen molar-refractivity contribution in [1.29, 1.82) is 0 Å². The van der Waals surface area contributed by atoms with E-state index in [1.165, 1.54) is 12.1 Å². The molecular weight excluding hydrogens is 347 g/mol. The lowest BCUT2D eigenvalue weighted by atomic mass is 10.2. The Bertz CT molecular complexity index is 1000. The molecule has 4 rings (SSSR count). The van der Waals surface area contributed by atoms with Gasteiger partial charge in [0.2, 0.25) is 0 Å². The van der Waals surface area contributed by atoms with Crippen molar-refractivity contribution in [2.24, 2.45) is 0 Å². The van der Waals surface area contributed by atoms with E-state index in [0.717, 1.165) is 10.9 Å². The highest BCUT2D eigenvalue weighted by atomic mass is 19.1. The highest BCUT2D eigenvalue weighted by Gasteiger charge is 2.26. The quantitative estimate of drug-likeness (QED) is 0.758. The molecule has 0 bridgehead atoms. The van der Waals surface area contributed by atoms with Gasteiger partial charge in [-0.25, -0.2) is 4.39 Å². The van der Waals surface area contributed by atoms with Gasteiger partial charge in [-0.1, -0.05) is 30.3 Å². The van der Waals surface area contributed by atoms with E-state index in [4.69, 9.17) is 0 Å². The van der Waals surface area contributed by atoms with Gasteiger partial charge >= 0.3 is 0 Å². The van der Waals surface area contributed by atoms with Crippen LogP contribution in [0, 0.1) is 5.82 Å². The van der Waals surface area contributed by atoms with E-state index in [-0.39, 0.29) is 17.4 Å². The van der Waals surface area contributed by atoms with Gasteiger partial charge in [-0.3, -0.25) is 14.7 Å². The summed E-state index contributed by atoms with van der Waals surface area (Å²) in [5, 5.41) is 7.83. The molecule has 0 unspecified atom stereocenters. The minimum absolute atomic E-state index is 0.0653. The van der Waals surface area contributed by atoms with Crippen LogP contribution >= 0.6 is 0 Å². The summed E-state index contributed by atoms with van der Waals surface area (Å²) in [4.78, 5) is 28.8. The molecule has 6 nitrogen and oxygen atoms in total. The molecule has 1 aliphatic rings. The van der Waals surface area contributed by atoms with E-state index in [9.17, 15) is 14.0 Å². The van der Waals surface area contributed by atoms with Gasteiger partial charge in [0, 0.05) is 31.6 Å². The molecule has 138 valence electrons. The zero-order chi connectivity index (χ0) is 18.8. The maximum absolute atomic E-state index is 13.9. The topological polar surface area (TPSA) is 69.3 Å². The summed E-state index contributed by atoms with van der Waals surface area (Å²) >= 11 is 0. The number of para-hydroxylation sites is 1. The lowest BCUT2D eigenvalue weighted by Crippen LogP contribution is -2.37. The zero-order valence-electron chi connectivity index (χ0n) is 14.7. The number of nitrogens with one attached hydrogen (secondary N) is 1. The molecule has 27 heavy (non-hydrogen) atoms. The minimum Gasteiger partial charge on any atom is -0.337 e. The maximum Gasteiger partial charge on any atom is 0.275 e. The molecule has 0 spiro atoms. The second kappa shape index (κ2) is 7.19. The number of fused-ring (bicyclic) bond motifs is 1. The number of rotatable bonds is 2. The summed E-state index contributed by atoms with van der Waals surface area (Å²) in [6.07, 6.45) is 0.633. The van der Waals surface area contributed by atoms with Crippen molar-refractivity contribution >= 4 is 22.7 Å². The zero-order valence-corrected chi connectivity index (χ0v) is 14.7. The molecule has 0 saturated carbocycles. The normalized spacial score (nSPS) is 15.0. The number of carbonyl (C=O) groups is 2. The van der Waals surface area contributed by atoms with Gasteiger partial charge in [-0.15, -0.1) is 0 Å². The van der Waals surface area contributed by atoms with Crippen LogP contribution in [-0.4, -0.2) is 58.0 Å². The lowest BCUT2D eigenvalue weighted by molar-refractivity contribution is 0.0714. The van der Waals surface area contributed by atoms with Gasteiger partial charge < -0.3 is 9.80 Å². The summed E-state index contributed by atoms with van der Waals surface area (Å²) in [6, 6.07) is 13.5. The third-order valence-corrected chi connectivity index (χ3v) is 4.85. The standard InChI is InChI=1S/C20H19FN4O2/c21-16-8-3-1-6-14(16)19(26)24-10-5-11-25(13-12-24)20(27)18-15-7-2-4-9-17(15)22-23-18/h1-4,6-9H,5,10-13H2,(H,22,23). The first kappa shape index (κ1) is 17.2. The number of aromatic amines is 1. The third-order valence-electron chi connectivity index (χ3n) is 4.85. The van der Waals surface area contributed by atoms with Crippen LogP contribution in [0.1, 0.15) is 27.3 Å². The first-order chi connectivity index (χ1) is 13.1. The molecule has 7 heteroatoms. The number of H-pyrrole nitrogens is 1. The number of hydrogen-bond acceptors (Lipinski definition) is 3.